The lowest BCUT2D eigenvalue weighted by molar-refractivity contribution is -0.143. The Labute approximate surface area is 216 Å². The molecule has 3 aromatic carbocycles. The van der Waals surface area contributed by atoms with Crippen molar-refractivity contribution in [2.45, 2.75) is 30.9 Å². The molecule has 0 aliphatic rings. The first kappa shape index (κ1) is 29.2. The van der Waals surface area contributed by atoms with Gasteiger partial charge in [0, 0.05) is 12.0 Å². The van der Waals surface area contributed by atoms with E-state index in [1.54, 1.807) is 11.9 Å². The minimum absolute atomic E-state index is 0.0806. The molecular formula is C28H27F6NO3. The number of carbonyl (C=O) groups excluding carboxylic acids is 1. The molecule has 0 aliphatic carbocycles. The summed E-state index contributed by atoms with van der Waals surface area (Å²) >= 11 is 0. The van der Waals surface area contributed by atoms with Gasteiger partial charge in [-0.05, 0) is 41.9 Å². The lowest BCUT2D eigenvalue weighted by atomic mass is 9.84. The van der Waals surface area contributed by atoms with E-state index in [0.29, 0.717) is 12.1 Å². The van der Waals surface area contributed by atoms with Crippen molar-refractivity contribution in [2.75, 3.05) is 27.3 Å². The Bertz CT molecular complexity index is 1110. The maximum absolute atomic E-state index is 13.3. The van der Waals surface area contributed by atoms with Gasteiger partial charge in [0.05, 0.1) is 38.0 Å². The van der Waals surface area contributed by atoms with E-state index in [4.69, 9.17) is 9.47 Å². The van der Waals surface area contributed by atoms with Crippen LogP contribution in [-0.4, -0.2) is 44.2 Å². The Hall–Kier alpha value is -3.37. The Morgan fingerprint density at radius 3 is 1.71 bits per heavy atom. The Kier molecular flexibility index (Phi) is 9.56. The summed E-state index contributed by atoms with van der Waals surface area (Å²) in [7, 11) is 2.93. The highest BCUT2D eigenvalue weighted by Crippen LogP contribution is 2.37. The van der Waals surface area contributed by atoms with Crippen molar-refractivity contribution in [2.24, 2.45) is 0 Å². The third-order valence-corrected chi connectivity index (χ3v) is 6.08. The molecule has 0 saturated carbocycles. The SMILES string of the molecule is COC(=O)CN(C)[C@H](COCc1cc(C(F)(F)F)cc(C(F)(F)F)c1)C(c1ccccc1)c1ccccc1. The number of methoxy groups -OCH3 is 1. The number of rotatable bonds is 10. The second-order valence-electron chi connectivity index (χ2n) is 8.79. The number of nitrogens with zero attached hydrogens (tertiary/aromatic N) is 1. The van der Waals surface area contributed by atoms with E-state index >= 15 is 0 Å². The number of benzene rings is 3. The molecule has 10 heteroatoms. The molecule has 3 rings (SSSR count). The van der Waals surface area contributed by atoms with Gasteiger partial charge in [-0.2, -0.15) is 26.3 Å². The maximum atomic E-state index is 13.3. The summed E-state index contributed by atoms with van der Waals surface area (Å²) in [5, 5.41) is 0. The van der Waals surface area contributed by atoms with E-state index in [2.05, 4.69) is 0 Å². The van der Waals surface area contributed by atoms with Crippen LogP contribution in [0.5, 0.6) is 0 Å². The van der Waals surface area contributed by atoms with Crippen LogP contribution in [-0.2, 0) is 33.2 Å². The van der Waals surface area contributed by atoms with E-state index < -0.39 is 42.1 Å². The Balaban J connectivity index is 1.94. The summed E-state index contributed by atoms with van der Waals surface area (Å²) in [6.45, 7) is -0.701. The monoisotopic (exact) mass is 539 g/mol. The van der Waals surface area contributed by atoms with Crippen LogP contribution < -0.4 is 0 Å². The van der Waals surface area contributed by atoms with Crippen LogP contribution in [0.15, 0.2) is 78.9 Å². The second kappa shape index (κ2) is 12.4. The number of halogens is 6. The summed E-state index contributed by atoms with van der Waals surface area (Å²) in [5.74, 6) is -0.843. The molecule has 0 aliphatic heterocycles. The lowest BCUT2D eigenvalue weighted by Crippen LogP contribution is -2.43. The maximum Gasteiger partial charge on any atom is 0.416 e. The third kappa shape index (κ3) is 7.82. The van der Waals surface area contributed by atoms with E-state index in [-0.39, 0.29) is 30.7 Å². The third-order valence-electron chi connectivity index (χ3n) is 6.08. The van der Waals surface area contributed by atoms with Gasteiger partial charge in [-0.15, -0.1) is 0 Å². The average Bonchev–Trinajstić information content (AvgIpc) is 2.88. The molecule has 0 bridgehead atoms. The van der Waals surface area contributed by atoms with Gasteiger partial charge in [-0.25, -0.2) is 0 Å². The number of alkyl halides is 6. The standard InChI is InChI=1S/C28H27F6NO3/c1-35(16-25(36)37-2)24(26(20-9-5-3-6-10-20)21-11-7-4-8-12-21)18-38-17-19-13-22(27(29,30)31)15-23(14-19)28(32,33)34/h3-15,24,26H,16-18H2,1-2H3/t24-/m1/s1. The number of esters is 1. The molecule has 3 aromatic rings. The highest BCUT2D eigenvalue weighted by atomic mass is 19.4. The lowest BCUT2D eigenvalue weighted by Gasteiger charge is -2.35. The molecule has 1 atom stereocenters. The van der Waals surface area contributed by atoms with Crippen LogP contribution in [0.25, 0.3) is 0 Å². The van der Waals surface area contributed by atoms with E-state index in [0.717, 1.165) is 11.1 Å². The Morgan fingerprint density at radius 2 is 1.29 bits per heavy atom. The number of ether oxygens (including phenoxy) is 2. The van der Waals surface area contributed by atoms with Crippen molar-refractivity contribution >= 4 is 5.97 Å². The average molecular weight is 540 g/mol. The second-order valence-corrected chi connectivity index (χ2v) is 8.79. The zero-order valence-corrected chi connectivity index (χ0v) is 20.7. The summed E-state index contributed by atoms with van der Waals surface area (Å²) in [6, 6.07) is 19.6. The minimum atomic E-state index is -4.95. The van der Waals surface area contributed by atoms with Crippen LogP contribution in [0.4, 0.5) is 26.3 Å². The molecular weight excluding hydrogens is 512 g/mol. The fourth-order valence-corrected chi connectivity index (χ4v) is 4.22. The summed E-state index contributed by atoms with van der Waals surface area (Å²) in [6.07, 6.45) is -9.91. The van der Waals surface area contributed by atoms with Gasteiger partial charge in [0.15, 0.2) is 0 Å². The zero-order chi connectivity index (χ0) is 27.9. The molecule has 0 heterocycles. The topological polar surface area (TPSA) is 38.8 Å². The summed E-state index contributed by atoms with van der Waals surface area (Å²) in [4.78, 5) is 13.8. The highest BCUT2D eigenvalue weighted by molar-refractivity contribution is 5.71. The van der Waals surface area contributed by atoms with Crippen LogP contribution in [0.1, 0.15) is 33.7 Å². The van der Waals surface area contributed by atoms with Gasteiger partial charge in [0.25, 0.3) is 0 Å². The van der Waals surface area contributed by atoms with Crippen molar-refractivity contribution < 1.29 is 40.6 Å². The van der Waals surface area contributed by atoms with Gasteiger partial charge >= 0.3 is 18.3 Å². The van der Waals surface area contributed by atoms with Crippen LogP contribution in [0.3, 0.4) is 0 Å². The first-order valence-corrected chi connectivity index (χ1v) is 11.6. The molecule has 4 nitrogen and oxygen atoms in total. The number of carbonyl (C=O) groups is 1. The van der Waals surface area contributed by atoms with Gasteiger partial charge in [-0.3, -0.25) is 9.69 Å². The van der Waals surface area contributed by atoms with Crippen molar-refractivity contribution in [3.63, 3.8) is 0 Å². The fourth-order valence-electron chi connectivity index (χ4n) is 4.22. The largest absolute Gasteiger partial charge is 0.468 e. The fraction of sp³-hybridized carbons (Fsp3) is 0.321. The predicted molar refractivity (Wildman–Crippen MR) is 129 cm³/mol. The van der Waals surface area contributed by atoms with Crippen LogP contribution in [0.2, 0.25) is 0 Å². The quantitative estimate of drug-likeness (QED) is 0.217. The molecule has 38 heavy (non-hydrogen) atoms. The van der Waals surface area contributed by atoms with E-state index in [1.807, 2.05) is 60.7 Å². The molecule has 204 valence electrons. The summed E-state index contributed by atoms with van der Waals surface area (Å²) in [5.41, 5.74) is -1.30. The highest BCUT2D eigenvalue weighted by Gasteiger charge is 2.37. The van der Waals surface area contributed by atoms with Crippen molar-refractivity contribution in [1.29, 1.82) is 0 Å². The van der Waals surface area contributed by atoms with Crippen molar-refractivity contribution in [1.82, 2.24) is 4.90 Å². The van der Waals surface area contributed by atoms with Gasteiger partial charge in [0.1, 0.15) is 0 Å². The van der Waals surface area contributed by atoms with Crippen LogP contribution in [0, 0.1) is 0 Å². The van der Waals surface area contributed by atoms with Gasteiger partial charge < -0.3 is 9.47 Å². The molecule has 0 fully saturated rings. The van der Waals surface area contributed by atoms with Gasteiger partial charge in [-0.1, -0.05) is 60.7 Å². The smallest absolute Gasteiger partial charge is 0.416 e. The predicted octanol–water partition coefficient (Wildman–Crippen LogP) is 6.55. The Morgan fingerprint density at radius 1 is 0.816 bits per heavy atom. The molecule has 0 aromatic heterocycles. The van der Waals surface area contributed by atoms with E-state index in [9.17, 15) is 31.1 Å². The van der Waals surface area contributed by atoms with Crippen molar-refractivity contribution in [3.8, 4) is 0 Å². The molecule has 0 amide bonds. The summed E-state index contributed by atoms with van der Waals surface area (Å²) < 4.78 is 90.2. The molecule has 0 N–H and O–H groups in total. The molecule has 0 radical (unpaired) electrons. The number of hydrogen-bond acceptors (Lipinski definition) is 4. The number of likely N-dealkylation sites (N-methyl/N-ethyl adjacent to an activating group) is 1. The normalized spacial score (nSPS) is 13.1. The van der Waals surface area contributed by atoms with Crippen molar-refractivity contribution in [3.05, 3.63) is 107 Å². The molecule has 0 saturated heterocycles. The van der Waals surface area contributed by atoms with Crippen LogP contribution >= 0.6 is 0 Å². The molecule has 0 unspecified atom stereocenters. The molecule has 0 spiro atoms. The first-order valence-electron chi connectivity index (χ1n) is 11.6. The zero-order valence-electron chi connectivity index (χ0n) is 20.7. The minimum Gasteiger partial charge on any atom is -0.468 e. The number of hydrogen-bond donors (Lipinski definition) is 0. The first-order chi connectivity index (χ1) is 17.9. The van der Waals surface area contributed by atoms with E-state index in [1.165, 1.54) is 7.11 Å². The van der Waals surface area contributed by atoms with Gasteiger partial charge in [0.2, 0.25) is 0 Å².